The Labute approximate surface area is 104 Å². The second kappa shape index (κ2) is 6.27. The SMILES string of the molecule is C#CCN(C)c1ccc(CNC(C)C)c(C)n1. The van der Waals surface area contributed by atoms with Crippen LogP contribution in [0.2, 0.25) is 0 Å². The maximum absolute atomic E-state index is 5.29. The van der Waals surface area contributed by atoms with E-state index in [0.29, 0.717) is 12.6 Å². The molecule has 1 rings (SSSR count). The van der Waals surface area contributed by atoms with Gasteiger partial charge in [-0.3, -0.25) is 0 Å². The Hall–Kier alpha value is -1.53. The first-order valence-corrected chi connectivity index (χ1v) is 5.89. The Morgan fingerprint density at radius 1 is 1.47 bits per heavy atom. The summed E-state index contributed by atoms with van der Waals surface area (Å²) in [5.74, 6) is 3.54. The van der Waals surface area contributed by atoms with Gasteiger partial charge in [0.05, 0.1) is 6.54 Å². The van der Waals surface area contributed by atoms with E-state index in [1.54, 1.807) is 0 Å². The molecule has 0 radical (unpaired) electrons. The van der Waals surface area contributed by atoms with E-state index >= 15 is 0 Å². The summed E-state index contributed by atoms with van der Waals surface area (Å²) in [6.45, 7) is 7.74. The first kappa shape index (κ1) is 13.5. The van der Waals surface area contributed by atoms with Gasteiger partial charge in [-0.2, -0.15) is 0 Å². The summed E-state index contributed by atoms with van der Waals surface area (Å²) in [5, 5.41) is 3.39. The summed E-state index contributed by atoms with van der Waals surface area (Å²) < 4.78 is 0. The van der Waals surface area contributed by atoms with Crippen molar-refractivity contribution >= 4 is 5.82 Å². The summed E-state index contributed by atoms with van der Waals surface area (Å²) in [5.41, 5.74) is 2.29. The van der Waals surface area contributed by atoms with Gasteiger partial charge in [-0.15, -0.1) is 6.42 Å². The number of pyridine rings is 1. The second-order valence-corrected chi connectivity index (χ2v) is 4.51. The molecule has 1 aromatic heterocycles. The van der Waals surface area contributed by atoms with Crippen LogP contribution in [0.1, 0.15) is 25.1 Å². The third-order valence-electron chi connectivity index (χ3n) is 2.60. The van der Waals surface area contributed by atoms with E-state index in [0.717, 1.165) is 18.1 Å². The summed E-state index contributed by atoms with van der Waals surface area (Å²) in [4.78, 5) is 6.52. The minimum atomic E-state index is 0.484. The maximum Gasteiger partial charge on any atom is 0.129 e. The number of hydrogen-bond acceptors (Lipinski definition) is 3. The first-order chi connectivity index (χ1) is 8.04. The molecule has 1 aromatic rings. The minimum absolute atomic E-state index is 0.484. The largest absolute Gasteiger partial charge is 0.349 e. The number of nitrogens with one attached hydrogen (secondary N) is 1. The average Bonchev–Trinajstić information content (AvgIpc) is 2.27. The Bertz CT molecular complexity index is 404. The molecule has 0 unspecified atom stereocenters. The van der Waals surface area contributed by atoms with Gasteiger partial charge in [-0.05, 0) is 18.6 Å². The van der Waals surface area contributed by atoms with E-state index < -0.39 is 0 Å². The monoisotopic (exact) mass is 231 g/mol. The fraction of sp³-hybridized carbons (Fsp3) is 0.500. The van der Waals surface area contributed by atoms with E-state index in [-0.39, 0.29) is 0 Å². The zero-order valence-electron chi connectivity index (χ0n) is 11.1. The van der Waals surface area contributed by atoms with Crippen molar-refractivity contribution in [3.8, 4) is 12.3 Å². The lowest BCUT2D eigenvalue weighted by atomic mass is 10.2. The lowest BCUT2D eigenvalue weighted by Crippen LogP contribution is -2.23. The number of aryl methyl sites for hydroxylation is 1. The molecule has 0 aliphatic carbocycles. The second-order valence-electron chi connectivity index (χ2n) is 4.51. The summed E-state index contributed by atoms with van der Waals surface area (Å²) in [6.07, 6.45) is 5.29. The Kier molecular flexibility index (Phi) is 4.99. The average molecular weight is 231 g/mol. The van der Waals surface area contributed by atoms with Gasteiger partial charge in [0.1, 0.15) is 5.82 Å². The first-order valence-electron chi connectivity index (χ1n) is 5.89. The van der Waals surface area contributed by atoms with Crippen molar-refractivity contribution in [3.63, 3.8) is 0 Å². The van der Waals surface area contributed by atoms with E-state index in [4.69, 9.17) is 6.42 Å². The van der Waals surface area contributed by atoms with E-state index in [2.05, 4.69) is 36.1 Å². The number of rotatable bonds is 5. The van der Waals surface area contributed by atoms with Crippen molar-refractivity contribution in [2.24, 2.45) is 0 Å². The van der Waals surface area contributed by atoms with Gasteiger partial charge < -0.3 is 10.2 Å². The van der Waals surface area contributed by atoms with Gasteiger partial charge in [0.25, 0.3) is 0 Å². The standard InChI is InChI=1S/C14H21N3/c1-6-9-17(5)14-8-7-13(12(4)16-14)10-15-11(2)3/h1,7-8,11,15H,9-10H2,2-5H3. The molecule has 0 aliphatic rings. The predicted molar refractivity (Wildman–Crippen MR) is 73.1 cm³/mol. The topological polar surface area (TPSA) is 28.2 Å². The van der Waals surface area contributed by atoms with Crippen LogP contribution in [0.4, 0.5) is 5.82 Å². The van der Waals surface area contributed by atoms with Crippen LogP contribution < -0.4 is 10.2 Å². The molecule has 0 aliphatic heterocycles. The Balaban J connectivity index is 2.76. The van der Waals surface area contributed by atoms with Gasteiger partial charge in [0.15, 0.2) is 0 Å². The maximum atomic E-state index is 5.29. The molecule has 0 spiro atoms. The zero-order valence-corrected chi connectivity index (χ0v) is 11.1. The van der Waals surface area contributed by atoms with Crippen LogP contribution in [0.5, 0.6) is 0 Å². The molecule has 3 heteroatoms. The smallest absolute Gasteiger partial charge is 0.129 e. The fourth-order valence-electron chi connectivity index (χ4n) is 1.51. The van der Waals surface area contributed by atoms with Gasteiger partial charge >= 0.3 is 0 Å². The zero-order chi connectivity index (χ0) is 12.8. The van der Waals surface area contributed by atoms with E-state index in [1.807, 2.05) is 24.9 Å². The van der Waals surface area contributed by atoms with Crippen molar-refractivity contribution in [2.45, 2.75) is 33.4 Å². The summed E-state index contributed by atoms with van der Waals surface area (Å²) >= 11 is 0. The van der Waals surface area contributed by atoms with Crippen molar-refractivity contribution in [3.05, 3.63) is 23.4 Å². The van der Waals surface area contributed by atoms with Crippen LogP contribution in [-0.2, 0) is 6.54 Å². The Morgan fingerprint density at radius 3 is 2.71 bits per heavy atom. The molecule has 0 fully saturated rings. The predicted octanol–water partition coefficient (Wildman–Crippen LogP) is 1.96. The van der Waals surface area contributed by atoms with Crippen molar-refractivity contribution < 1.29 is 0 Å². The van der Waals surface area contributed by atoms with Gasteiger partial charge in [0, 0.05) is 25.3 Å². The summed E-state index contributed by atoms with van der Waals surface area (Å²) in [7, 11) is 1.95. The highest BCUT2D eigenvalue weighted by molar-refractivity contribution is 5.42. The highest BCUT2D eigenvalue weighted by Gasteiger charge is 2.05. The third kappa shape index (κ3) is 4.08. The molecular formula is C14H21N3. The fourth-order valence-corrected chi connectivity index (χ4v) is 1.51. The van der Waals surface area contributed by atoms with Gasteiger partial charge in [-0.1, -0.05) is 25.8 Å². The third-order valence-corrected chi connectivity index (χ3v) is 2.60. The molecule has 0 aromatic carbocycles. The molecule has 3 nitrogen and oxygen atoms in total. The number of hydrogen-bond donors (Lipinski definition) is 1. The normalized spacial score (nSPS) is 10.4. The number of nitrogens with zero attached hydrogens (tertiary/aromatic N) is 2. The van der Waals surface area contributed by atoms with Crippen LogP contribution in [-0.4, -0.2) is 24.6 Å². The molecule has 0 atom stereocenters. The van der Waals surface area contributed by atoms with Crippen LogP contribution in [0.15, 0.2) is 12.1 Å². The van der Waals surface area contributed by atoms with Crippen molar-refractivity contribution in [1.29, 1.82) is 0 Å². The molecule has 1 heterocycles. The van der Waals surface area contributed by atoms with Crippen LogP contribution >= 0.6 is 0 Å². The van der Waals surface area contributed by atoms with Gasteiger partial charge in [-0.25, -0.2) is 4.98 Å². The number of terminal acetylenes is 1. The van der Waals surface area contributed by atoms with Crippen molar-refractivity contribution in [2.75, 3.05) is 18.5 Å². The lowest BCUT2D eigenvalue weighted by Gasteiger charge is -2.17. The van der Waals surface area contributed by atoms with Crippen LogP contribution in [0.25, 0.3) is 0 Å². The van der Waals surface area contributed by atoms with Crippen molar-refractivity contribution in [1.82, 2.24) is 10.3 Å². The lowest BCUT2D eigenvalue weighted by molar-refractivity contribution is 0.586. The minimum Gasteiger partial charge on any atom is -0.349 e. The quantitative estimate of drug-likeness (QED) is 0.785. The van der Waals surface area contributed by atoms with Crippen LogP contribution in [0.3, 0.4) is 0 Å². The van der Waals surface area contributed by atoms with Crippen LogP contribution in [0, 0.1) is 19.3 Å². The molecule has 0 bridgehead atoms. The van der Waals surface area contributed by atoms with E-state index in [1.165, 1.54) is 5.56 Å². The molecule has 92 valence electrons. The number of anilines is 1. The highest BCUT2D eigenvalue weighted by Crippen LogP contribution is 2.13. The highest BCUT2D eigenvalue weighted by atomic mass is 15.2. The molecular weight excluding hydrogens is 210 g/mol. The molecule has 17 heavy (non-hydrogen) atoms. The Morgan fingerprint density at radius 2 is 2.18 bits per heavy atom. The molecule has 0 saturated carbocycles. The number of aromatic nitrogens is 1. The molecule has 0 saturated heterocycles. The molecule has 0 amide bonds. The van der Waals surface area contributed by atoms with Gasteiger partial charge in [0.2, 0.25) is 0 Å². The van der Waals surface area contributed by atoms with E-state index in [9.17, 15) is 0 Å². The molecule has 1 N–H and O–H groups in total. The summed E-state index contributed by atoms with van der Waals surface area (Å²) in [6, 6.07) is 4.61.